The first-order chi connectivity index (χ1) is 9.34. The van der Waals surface area contributed by atoms with Gasteiger partial charge < -0.3 is 5.73 Å². The Morgan fingerprint density at radius 2 is 2.20 bits per heavy atom. The Labute approximate surface area is 127 Å². The van der Waals surface area contributed by atoms with Gasteiger partial charge in [0.1, 0.15) is 6.04 Å². The largest absolute Gasteiger partial charge is 0.368 e. The molecule has 1 aromatic rings. The van der Waals surface area contributed by atoms with E-state index in [4.69, 9.17) is 17.3 Å². The lowest BCUT2D eigenvalue weighted by molar-refractivity contribution is -0.121. The lowest BCUT2D eigenvalue weighted by Crippen LogP contribution is -2.52. The highest BCUT2D eigenvalue weighted by Crippen LogP contribution is 2.27. The SMILES string of the molecule is Cc1ccc(S(=O)(=O)N2CCSC[C@H]2C(N)=O)cc1Cl. The molecule has 0 spiro atoms. The third-order valence-electron chi connectivity index (χ3n) is 3.16. The van der Waals surface area contributed by atoms with E-state index in [1.165, 1.54) is 28.2 Å². The van der Waals surface area contributed by atoms with Crippen LogP contribution >= 0.6 is 23.4 Å². The van der Waals surface area contributed by atoms with Gasteiger partial charge in [-0.05, 0) is 24.6 Å². The maximum atomic E-state index is 12.6. The number of carbonyl (C=O) groups excluding carboxylic acids is 1. The molecule has 2 N–H and O–H groups in total. The van der Waals surface area contributed by atoms with Crippen molar-refractivity contribution in [3.63, 3.8) is 0 Å². The molecule has 8 heteroatoms. The van der Waals surface area contributed by atoms with Crippen molar-refractivity contribution in [2.24, 2.45) is 5.73 Å². The van der Waals surface area contributed by atoms with Crippen LogP contribution in [0.5, 0.6) is 0 Å². The molecule has 20 heavy (non-hydrogen) atoms. The van der Waals surface area contributed by atoms with Crippen LogP contribution in [-0.2, 0) is 14.8 Å². The Morgan fingerprint density at radius 3 is 2.80 bits per heavy atom. The second-order valence-corrected chi connectivity index (χ2v) is 7.97. The van der Waals surface area contributed by atoms with Crippen LogP contribution in [-0.4, -0.2) is 42.7 Å². The predicted octanol–water partition coefficient (Wildman–Crippen LogP) is 1.24. The number of thioether (sulfide) groups is 1. The average Bonchev–Trinajstić information content (AvgIpc) is 2.41. The monoisotopic (exact) mass is 334 g/mol. The lowest BCUT2D eigenvalue weighted by atomic mass is 10.2. The number of rotatable bonds is 3. The molecule has 1 heterocycles. The summed E-state index contributed by atoms with van der Waals surface area (Å²) < 4.78 is 26.4. The third-order valence-corrected chi connectivity index (χ3v) is 6.49. The molecule has 0 unspecified atom stereocenters. The summed E-state index contributed by atoms with van der Waals surface area (Å²) in [7, 11) is -3.76. The van der Waals surface area contributed by atoms with Crippen molar-refractivity contribution < 1.29 is 13.2 Å². The smallest absolute Gasteiger partial charge is 0.243 e. The van der Waals surface area contributed by atoms with E-state index in [0.29, 0.717) is 16.5 Å². The number of benzene rings is 1. The number of hydrogen-bond donors (Lipinski definition) is 1. The molecule has 0 saturated carbocycles. The Bertz CT molecular complexity index is 634. The summed E-state index contributed by atoms with van der Waals surface area (Å²) >= 11 is 7.50. The van der Waals surface area contributed by atoms with Gasteiger partial charge in [-0.1, -0.05) is 17.7 Å². The van der Waals surface area contributed by atoms with Crippen LogP contribution < -0.4 is 5.73 Å². The zero-order chi connectivity index (χ0) is 14.9. The first-order valence-corrected chi connectivity index (χ1v) is 8.96. The summed E-state index contributed by atoms with van der Waals surface area (Å²) in [5.41, 5.74) is 6.10. The summed E-state index contributed by atoms with van der Waals surface area (Å²) in [6.07, 6.45) is 0. The molecule has 1 fully saturated rings. The standard InChI is InChI=1S/C12H15ClN2O3S2/c1-8-2-3-9(6-10(8)13)20(17,18)15-4-5-19-7-11(15)12(14)16/h2-3,6,11H,4-5,7H2,1H3,(H2,14,16)/t11-/m0/s1. The molecule has 110 valence electrons. The van der Waals surface area contributed by atoms with Crippen molar-refractivity contribution in [2.75, 3.05) is 18.1 Å². The molecule has 5 nitrogen and oxygen atoms in total. The maximum absolute atomic E-state index is 12.6. The van der Waals surface area contributed by atoms with E-state index < -0.39 is 22.0 Å². The first kappa shape index (κ1) is 15.6. The zero-order valence-electron chi connectivity index (χ0n) is 10.9. The van der Waals surface area contributed by atoms with Gasteiger partial charge in [-0.2, -0.15) is 16.1 Å². The Morgan fingerprint density at radius 1 is 1.50 bits per heavy atom. The van der Waals surface area contributed by atoms with E-state index >= 15 is 0 Å². The van der Waals surface area contributed by atoms with Crippen molar-refractivity contribution in [1.29, 1.82) is 0 Å². The second-order valence-electron chi connectivity index (χ2n) is 4.52. The quantitative estimate of drug-likeness (QED) is 0.901. The predicted molar refractivity (Wildman–Crippen MR) is 80.4 cm³/mol. The van der Waals surface area contributed by atoms with Crippen LogP contribution in [0.3, 0.4) is 0 Å². The fraction of sp³-hybridized carbons (Fsp3) is 0.417. The number of primary amides is 1. The van der Waals surface area contributed by atoms with E-state index in [2.05, 4.69) is 0 Å². The zero-order valence-corrected chi connectivity index (χ0v) is 13.3. The van der Waals surface area contributed by atoms with E-state index in [1.54, 1.807) is 13.0 Å². The molecular weight excluding hydrogens is 320 g/mol. The number of sulfonamides is 1. The molecule has 0 radical (unpaired) electrons. The molecule has 1 aliphatic heterocycles. The van der Waals surface area contributed by atoms with E-state index in [1.807, 2.05) is 0 Å². The molecule has 1 saturated heterocycles. The van der Waals surface area contributed by atoms with Crippen molar-refractivity contribution in [1.82, 2.24) is 4.31 Å². The van der Waals surface area contributed by atoms with Crippen molar-refractivity contribution >= 4 is 39.3 Å². The van der Waals surface area contributed by atoms with Gasteiger partial charge in [-0.15, -0.1) is 0 Å². The van der Waals surface area contributed by atoms with Crippen LogP contribution in [0.2, 0.25) is 5.02 Å². The van der Waals surface area contributed by atoms with Gasteiger partial charge in [-0.25, -0.2) is 8.42 Å². The number of hydrogen-bond acceptors (Lipinski definition) is 4. The maximum Gasteiger partial charge on any atom is 0.243 e. The molecular formula is C12H15ClN2O3S2. The molecule has 1 aromatic carbocycles. The third kappa shape index (κ3) is 2.95. The number of amides is 1. The first-order valence-electron chi connectivity index (χ1n) is 5.99. The highest BCUT2D eigenvalue weighted by Gasteiger charge is 2.37. The van der Waals surface area contributed by atoms with Crippen molar-refractivity contribution in [3.8, 4) is 0 Å². The number of halogens is 1. The van der Waals surface area contributed by atoms with Crippen molar-refractivity contribution in [3.05, 3.63) is 28.8 Å². The van der Waals surface area contributed by atoms with Crippen LogP contribution in [0, 0.1) is 6.92 Å². The summed E-state index contributed by atoms with van der Waals surface area (Å²) in [4.78, 5) is 11.5. The number of aryl methyl sites for hydroxylation is 1. The van der Waals surface area contributed by atoms with Gasteiger partial charge in [0.25, 0.3) is 0 Å². The molecule has 2 rings (SSSR count). The number of nitrogens with zero attached hydrogens (tertiary/aromatic N) is 1. The van der Waals surface area contributed by atoms with E-state index in [9.17, 15) is 13.2 Å². The minimum absolute atomic E-state index is 0.0891. The van der Waals surface area contributed by atoms with Gasteiger partial charge >= 0.3 is 0 Å². The fourth-order valence-corrected chi connectivity index (χ4v) is 5.11. The molecule has 1 amide bonds. The van der Waals surface area contributed by atoms with E-state index in [-0.39, 0.29) is 11.4 Å². The van der Waals surface area contributed by atoms with Gasteiger partial charge in [0, 0.05) is 23.1 Å². The summed E-state index contributed by atoms with van der Waals surface area (Å²) in [5, 5.41) is 0.382. The Kier molecular flexibility index (Phi) is 4.63. The second kappa shape index (κ2) is 5.93. The van der Waals surface area contributed by atoms with Crippen LogP contribution in [0.4, 0.5) is 0 Å². The average molecular weight is 335 g/mol. The Hall–Kier alpha value is -0.760. The molecule has 0 aromatic heterocycles. The van der Waals surface area contributed by atoms with Gasteiger partial charge in [0.2, 0.25) is 15.9 Å². The summed E-state index contributed by atoms with van der Waals surface area (Å²) in [5.74, 6) is 0.399. The highest BCUT2D eigenvalue weighted by atomic mass is 35.5. The van der Waals surface area contributed by atoms with Crippen LogP contribution in [0.1, 0.15) is 5.56 Å². The topological polar surface area (TPSA) is 80.5 Å². The van der Waals surface area contributed by atoms with E-state index in [0.717, 1.165) is 5.56 Å². The van der Waals surface area contributed by atoms with Gasteiger partial charge in [0.15, 0.2) is 0 Å². The van der Waals surface area contributed by atoms with Crippen LogP contribution in [0.25, 0.3) is 0 Å². The molecule has 0 aliphatic carbocycles. The van der Waals surface area contributed by atoms with Gasteiger partial charge in [0.05, 0.1) is 4.90 Å². The summed E-state index contributed by atoms with van der Waals surface area (Å²) in [6.45, 7) is 2.06. The number of nitrogens with two attached hydrogens (primary N) is 1. The number of carbonyl (C=O) groups is 1. The Balaban J connectivity index is 2.42. The molecule has 1 atom stereocenters. The minimum Gasteiger partial charge on any atom is -0.368 e. The molecule has 1 aliphatic rings. The van der Waals surface area contributed by atoms with Crippen LogP contribution in [0.15, 0.2) is 23.1 Å². The molecule has 0 bridgehead atoms. The lowest BCUT2D eigenvalue weighted by Gasteiger charge is -2.32. The highest BCUT2D eigenvalue weighted by molar-refractivity contribution is 7.99. The van der Waals surface area contributed by atoms with Crippen molar-refractivity contribution in [2.45, 2.75) is 17.9 Å². The normalized spacial score (nSPS) is 20.8. The minimum atomic E-state index is -3.76. The fourth-order valence-electron chi connectivity index (χ4n) is 1.97. The summed E-state index contributed by atoms with van der Waals surface area (Å²) in [6, 6.07) is 3.74. The van der Waals surface area contributed by atoms with Gasteiger partial charge in [-0.3, -0.25) is 4.79 Å².